The molecule has 3 aromatic heterocycles. The molecule has 0 aliphatic carbocycles. The highest BCUT2D eigenvalue weighted by Gasteiger charge is 2.27. The Morgan fingerprint density at radius 3 is 2.54 bits per heavy atom. The molecule has 0 unspecified atom stereocenters. The zero-order chi connectivity index (χ0) is 28.8. The molecule has 5 aromatic rings. The molecule has 1 saturated heterocycles. The molecule has 0 bridgehead atoms. The Bertz CT molecular complexity index is 1770. The van der Waals surface area contributed by atoms with Crippen molar-refractivity contribution < 1.29 is 13.6 Å². The molecule has 0 saturated carbocycles. The third kappa shape index (κ3) is 5.08. The first-order valence-electron chi connectivity index (χ1n) is 14.0. The minimum Gasteiger partial charge on any atom is -0.366 e. The van der Waals surface area contributed by atoms with E-state index in [-0.39, 0.29) is 18.5 Å². The fourth-order valence-corrected chi connectivity index (χ4v) is 5.89. The van der Waals surface area contributed by atoms with Crippen LogP contribution in [0.15, 0.2) is 48.8 Å². The number of benzene rings is 2. The van der Waals surface area contributed by atoms with Gasteiger partial charge in [-0.25, -0.2) is 18.4 Å². The van der Waals surface area contributed by atoms with Crippen molar-refractivity contribution in [1.29, 1.82) is 0 Å². The Morgan fingerprint density at radius 1 is 1.05 bits per heavy atom. The van der Waals surface area contributed by atoms with Crippen LogP contribution in [0.5, 0.6) is 0 Å². The van der Waals surface area contributed by atoms with Gasteiger partial charge in [-0.3, -0.25) is 9.48 Å². The van der Waals surface area contributed by atoms with Crippen LogP contribution >= 0.6 is 0 Å². The maximum atomic E-state index is 13.8. The number of carbonyl (C=O) groups excluding carboxylic acids is 1. The number of fused-ring (bicyclic) bond motifs is 2. The van der Waals surface area contributed by atoms with Crippen LogP contribution in [0, 0.1) is 17.6 Å². The maximum absolute atomic E-state index is 13.8. The Labute approximate surface area is 236 Å². The number of pyridine rings is 1. The summed E-state index contributed by atoms with van der Waals surface area (Å²) in [6, 6.07) is 9.93. The molecular weight excluding hydrogens is 524 g/mol. The number of hydrogen-bond acceptors (Lipinski definition) is 5. The predicted octanol–water partition coefficient (Wildman–Crippen LogP) is 5.34. The van der Waals surface area contributed by atoms with Crippen LogP contribution in [-0.2, 0) is 13.0 Å². The van der Waals surface area contributed by atoms with Crippen molar-refractivity contribution in [3.8, 4) is 11.1 Å². The molecule has 6 rings (SSSR count). The average molecular weight is 558 g/mol. The van der Waals surface area contributed by atoms with Crippen LogP contribution in [0.4, 0.5) is 8.78 Å². The quantitative estimate of drug-likeness (QED) is 0.292. The first-order chi connectivity index (χ1) is 19.7. The van der Waals surface area contributed by atoms with E-state index in [0.29, 0.717) is 23.2 Å². The Balaban J connectivity index is 1.48. The molecule has 10 heteroatoms. The van der Waals surface area contributed by atoms with Gasteiger partial charge in [-0.15, -0.1) is 0 Å². The van der Waals surface area contributed by atoms with Crippen LogP contribution < -0.4 is 5.73 Å². The zero-order valence-corrected chi connectivity index (χ0v) is 23.4. The highest BCUT2D eigenvalue weighted by atomic mass is 19.2. The Morgan fingerprint density at radius 2 is 1.83 bits per heavy atom. The number of amides is 1. The number of primary amides is 1. The minimum absolute atomic E-state index is 0.229. The molecule has 4 heterocycles. The third-order valence-corrected chi connectivity index (χ3v) is 7.95. The van der Waals surface area contributed by atoms with E-state index in [2.05, 4.69) is 30.9 Å². The number of halogens is 2. The first-order valence-corrected chi connectivity index (χ1v) is 14.0. The van der Waals surface area contributed by atoms with E-state index in [0.717, 1.165) is 65.1 Å². The normalized spacial score (nSPS) is 15.0. The number of aromatic nitrogens is 5. The van der Waals surface area contributed by atoms with Gasteiger partial charge in [0.15, 0.2) is 17.3 Å². The van der Waals surface area contributed by atoms with Gasteiger partial charge in [-0.2, -0.15) is 10.2 Å². The molecule has 0 radical (unpaired) electrons. The summed E-state index contributed by atoms with van der Waals surface area (Å²) in [7, 11) is 2.13. The summed E-state index contributed by atoms with van der Waals surface area (Å²) < 4.78 is 31.0. The van der Waals surface area contributed by atoms with Crippen molar-refractivity contribution in [2.24, 2.45) is 11.7 Å². The number of carbonyl (C=O) groups is 1. The molecule has 41 heavy (non-hydrogen) atoms. The lowest BCUT2D eigenvalue weighted by Crippen LogP contribution is -2.32. The van der Waals surface area contributed by atoms with Gasteiger partial charge in [-0.1, -0.05) is 26.0 Å². The van der Waals surface area contributed by atoms with Crippen molar-refractivity contribution in [2.75, 3.05) is 20.1 Å². The molecule has 0 atom stereocenters. The topological polar surface area (TPSA) is 94.9 Å². The van der Waals surface area contributed by atoms with E-state index in [9.17, 15) is 13.6 Å². The summed E-state index contributed by atoms with van der Waals surface area (Å²) in [4.78, 5) is 20.3. The summed E-state index contributed by atoms with van der Waals surface area (Å²) in [6.45, 7) is 6.45. The van der Waals surface area contributed by atoms with E-state index in [1.54, 1.807) is 23.1 Å². The van der Waals surface area contributed by atoms with Crippen LogP contribution in [0.1, 0.15) is 54.3 Å². The number of hydrogen-bond donors (Lipinski definition) is 1. The largest absolute Gasteiger partial charge is 0.366 e. The standard InChI is InChI=1S/C31H33F2N7O/c1-18(2)12-26-29(30(34)41)28(23-16-36-40(31(23)37-26)22-8-10-38(3)11-9-22)20-5-7-27-21(14-20)15-35-39(27)17-19-4-6-24(32)25(33)13-19/h4-7,13-16,18,22H,8-12,17H2,1-3H3,(H2,34,41). The van der Waals surface area contributed by atoms with E-state index < -0.39 is 17.5 Å². The minimum atomic E-state index is -0.889. The molecule has 8 nitrogen and oxygen atoms in total. The van der Waals surface area contributed by atoms with Gasteiger partial charge in [0.05, 0.1) is 41.8 Å². The second kappa shape index (κ2) is 10.7. The monoisotopic (exact) mass is 557 g/mol. The lowest BCUT2D eigenvalue weighted by atomic mass is 9.92. The van der Waals surface area contributed by atoms with Crippen molar-refractivity contribution >= 4 is 27.8 Å². The number of rotatable bonds is 7. The molecule has 1 amide bonds. The summed E-state index contributed by atoms with van der Waals surface area (Å²) in [5, 5.41) is 10.9. The summed E-state index contributed by atoms with van der Waals surface area (Å²) in [5.74, 6) is -2.03. The van der Waals surface area contributed by atoms with Crippen molar-refractivity contribution in [2.45, 2.75) is 45.7 Å². The van der Waals surface area contributed by atoms with E-state index in [4.69, 9.17) is 15.8 Å². The van der Waals surface area contributed by atoms with Crippen molar-refractivity contribution in [1.82, 2.24) is 29.4 Å². The van der Waals surface area contributed by atoms with Crippen LogP contribution in [0.25, 0.3) is 33.1 Å². The van der Waals surface area contributed by atoms with Gasteiger partial charge < -0.3 is 10.6 Å². The number of likely N-dealkylation sites (tertiary alicyclic amines) is 1. The third-order valence-electron chi connectivity index (χ3n) is 7.95. The van der Waals surface area contributed by atoms with Gasteiger partial charge >= 0.3 is 0 Å². The van der Waals surface area contributed by atoms with Gasteiger partial charge in [0.1, 0.15) is 0 Å². The molecule has 1 fully saturated rings. The van der Waals surface area contributed by atoms with Gasteiger partial charge in [0.25, 0.3) is 5.91 Å². The van der Waals surface area contributed by atoms with Crippen LogP contribution in [0.3, 0.4) is 0 Å². The fraction of sp³-hybridized carbons (Fsp3) is 0.355. The Kier molecular flexibility index (Phi) is 7.03. The molecule has 2 N–H and O–H groups in total. The second-order valence-electron chi connectivity index (χ2n) is 11.5. The second-order valence-corrected chi connectivity index (χ2v) is 11.5. The Hall–Kier alpha value is -4.18. The molecule has 0 spiro atoms. The molecule has 212 valence electrons. The van der Waals surface area contributed by atoms with Crippen molar-refractivity contribution in [3.63, 3.8) is 0 Å². The van der Waals surface area contributed by atoms with E-state index in [1.165, 1.54) is 6.07 Å². The first kappa shape index (κ1) is 27.0. The lowest BCUT2D eigenvalue weighted by Gasteiger charge is -2.29. The molecule has 1 aliphatic rings. The van der Waals surface area contributed by atoms with Gasteiger partial charge in [0.2, 0.25) is 0 Å². The number of nitrogens with two attached hydrogens (primary N) is 1. The smallest absolute Gasteiger partial charge is 0.251 e. The lowest BCUT2D eigenvalue weighted by molar-refractivity contribution is 0.0999. The number of piperidine rings is 1. The van der Waals surface area contributed by atoms with Gasteiger partial charge in [-0.05, 0) is 80.7 Å². The fourth-order valence-electron chi connectivity index (χ4n) is 5.89. The molecule has 1 aliphatic heterocycles. The highest BCUT2D eigenvalue weighted by Crippen LogP contribution is 2.37. The summed E-state index contributed by atoms with van der Waals surface area (Å²) >= 11 is 0. The van der Waals surface area contributed by atoms with E-state index in [1.807, 2.05) is 22.9 Å². The SMILES string of the molecule is CC(C)Cc1nc2c(cnn2C2CCN(C)CC2)c(-c2ccc3c(cnn3Cc3ccc(F)c(F)c3)c2)c1C(N)=O. The summed E-state index contributed by atoms with van der Waals surface area (Å²) in [6.07, 6.45) is 6.10. The molecular formula is C31H33F2N7O. The maximum Gasteiger partial charge on any atom is 0.251 e. The zero-order valence-electron chi connectivity index (χ0n) is 23.4. The number of nitrogens with zero attached hydrogens (tertiary/aromatic N) is 6. The van der Waals surface area contributed by atoms with Crippen LogP contribution in [-0.4, -0.2) is 55.5 Å². The van der Waals surface area contributed by atoms with Crippen molar-refractivity contribution in [3.05, 3.63) is 77.2 Å². The van der Waals surface area contributed by atoms with Crippen LogP contribution in [0.2, 0.25) is 0 Å². The predicted molar refractivity (Wildman–Crippen MR) is 155 cm³/mol. The highest BCUT2D eigenvalue weighted by molar-refractivity contribution is 6.09. The average Bonchev–Trinajstić information content (AvgIpc) is 3.53. The molecule has 2 aromatic carbocycles. The van der Waals surface area contributed by atoms with Gasteiger partial charge in [0, 0.05) is 16.3 Å². The van der Waals surface area contributed by atoms with E-state index >= 15 is 0 Å². The summed E-state index contributed by atoms with van der Waals surface area (Å²) in [5.41, 5.74) is 10.9.